The van der Waals surface area contributed by atoms with E-state index in [1.165, 1.54) is 18.6 Å². The zero-order valence-electron chi connectivity index (χ0n) is 17.1. The lowest BCUT2D eigenvalue weighted by Gasteiger charge is -2.33. The zero-order chi connectivity index (χ0) is 21.6. The molecule has 31 heavy (non-hydrogen) atoms. The quantitative estimate of drug-likeness (QED) is 0.410. The van der Waals surface area contributed by atoms with Gasteiger partial charge < -0.3 is 9.42 Å². The number of aromatic nitrogens is 2. The lowest BCUT2D eigenvalue weighted by atomic mass is 9.93. The summed E-state index contributed by atoms with van der Waals surface area (Å²) in [5, 5.41) is 14.9. The number of amides is 1. The van der Waals surface area contributed by atoms with E-state index in [0.29, 0.717) is 11.7 Å². The SMILES string of the molecule is O=C(Cc1ccc([N+](=O)[O-])cc1)N(Cc1nc(-c2ccccc2)no1)C1CCCCC1. The number of carbonyl (C=O) groups excluding carboxylic acids is 1. The van der Waals surface area contributed by atoms with Crippen LogP contribution in [0.2, 0.25) is 0 Å². The number of hydrogen-bond donors (Lipinski definition) is 0. The van der Waals surface area contributed by atoms with Crippen LogP contribution in [0.5, 0.6) is 0 Å². The Kier molecular flexibility index (Phi) is 6.35. The minimum Gasteiger partial charge on any atom is -0.337 e. The molecular weight excluding hydrogens is 396 g/mol. The van der Waals surface area contributed by atoms with Crippen molar-refractivity contribution in [2.24, 2.45) is 0 Å². The Hall–Kier alpha value is -3.55. The molecule has 8 nitrogen and oxygen atoms in total. The highest BCUT2D eigenvalue weighted by Gasteiger charge is 2.27. The molecule has 1 saturated carbocycles. The fraction of sp³-hybridized carbons (Fsp3) is 0.348. The van der Waals surface area contributed by atoms with Crippen LogP contribution in [-0.4, -0.2) is 31.9 Å². The van der Waals surface area contributed by atoms with Crippen molar-refractivity contribution < 1.29 is 14.2 Å². The van der Waals surface area contributed by atoms with Crippen molar-refractivity contribution in [3.8, 4) is 11.4 Å². The highest BCUT2D eigenvalue weighted by molar-refractivity contribution is 5.79. The number of rotatable bonds is 7. The van der Waals surface area contributed by atoms with Crippen LogP contribution in [0.25, 0.3) is 11.4 Å². The second-order valence-corrected chi connectivity index (χ2v) is 7.79. The first-order valence-corrected chi connectivity index (χ1v) is 10.5. The summed E-state index contributed by atoms with van der Waals surface area (Å²) >= 11 is 0. The molecule has 160 valence electrons. The van der Waals surface area contributed by atoms with E-state index < -0.39 is 4.92 Å². The predicted molar refractivity (Wildman–Crippen MR) is 114 cm³/mol. The van der Waals surface area contributed by atoms with Crippen molar-refractivity contribution in [1.82, 2.24) is 15.0 Å². The molecule has 1 aliphatic carbocycles. The van der Waals surface area contributed by atoms with Crippen molar-refractivity contribution in [1.29, 1.82) is 0 Å². The molecule has 1 heterocycles. The van der Waals surface area contributed by atoms with E-state index in [1.807, 2.05) is 35.2 Å². The van der Waals surface area contributed by atoms with Crippen LogP contribution in [-0.2, 0) is 17.8 Å². The molecule has 1 aliphatic rings. The second-order valence-electron chi connectivity index (χ2n) is 7.79. The number of benzene rings is 2. The Balaban J connectivity index is 1.51. The van der Waals surface area contributed by atoms with Crippen LogP contribution < -0.4 is 0 Å². The lowest BCUT2D eigenvalue weighted by Crippen LogP contribution is -2.41. The molecule has 8 heteroatoms. The molecule has 0 radical (unpaired) electrons. The van der Waals surface area contributed by atoms with Gasteiger partial charge in [0.1, 0.15) is 6.54 Å². The lowest BCUT2D eigenvalue weighted by molar-refractivity contribution is -0.384. The molecule has 0 bridgehead atoms. The Labute approximate surface area is 180 Å². The Morgan fingerprint density at radius 3 is 2.45 bits per heavy atom. The van der Waals surface area contributed by atoms with Gasteiger partial charge in [-0.25, -0.2) is 0 Å². The fourth-order valence-electron chi connectivity index (χ4n) is 3.99. The van der Waals surface area contributed by atoms with Gasteiger partial charge in [0.25, 0.3) is 5.69 Å². The smallest absolute Gasteiger partial charge is 0.269 e. The molecule has 1 amide bonds. The molecule has 0 saturated heterocycles. The van der Waals surface area contributed by atoms with E-state index >= 15 is 0 Å². The van der Waals surface area contributed by atoms with E-state index in [9.17, 15) is 14.9 Å². The Morgan fingerprint density at radius 2 is 1.77 bits per heavy atom. The van der Waals surface area contributed by atoms with Crippen LogP contribution in [0.15, 0.2) is 59.1 Å². The monoisotopic (exact) mass is 420 g/mol. The summed E-state index contributed by atoms with van der Waals surface area (Å²) in [6.07, 6.45) is 5.43. The molecule has 0 aliphatic heterocycles. The van der Waals surface area contributed by atoms with Crippen LogP contribution in [0.1, 0.15) is 43.6 Å². The average molecular weight is 420 g/mol. The molecule has 0 spiro atoms. The molecular formula is C23H24N4O4. The maximum absolute atomic E-state index is 13.2. The number of non-ortho nitro benzene ring substituents is 1. The third-order valence-corrected chi connectivity index (χ3v) is 5.64. The van der Waals surface area contributed by atoms with Gasteiger partial charge >= 0.3 is 0 Å². The third-order valence-electron chi connectivity index (χ3n) is 5.64. The molecule has 2 aromatic carbocycles. The van der Waals surface area contributed by atoms with Gasteiger partial charge in [-0.1, -0.05) is 66.9 Å². The summed E-state index contributed by atoms with van der Waals surface area (Å²) in [6, 6.07) is 15.8. The maximum Gasteiger partial charge on any atom is 0.269 e. The van der Waals surface area contributed by atoms with E-state index in [1.54, 1.807) is 12.1 Å². The fourth-order valence-corrected chi connectivity index (χ4v) is 3.99. The third kappa shape index (κ3) is 5.14. The minimum absolute atomic E-state index is 0.0136. The van der Waals surface area contributed by atoms with Crippen molar-refractivity contribution in [3.63, 3.8) is 0 Å². The highest BCUT2D eigenvalue weighted by atomic mass is 16.6. The van der Waals surface area contributed by atoms with Crippen molar-refractivity contribution in [2.75, 3.05) is 0 Å². The van der Waals surface area contributed by atoms with E-state index in [-0.39, 0.29) is 30.6 Å². The topological polar surface area (TPSA) is 102 Å². The van der Waals surface area contributed by atoms with Crippen LogP contribution >= 0.6 is 0 Å². The van der Waals surface area contributed by atoms with Gasteiger partial charge in [0.2, 0.25) is 17.6 Å². The van der Waals surface area contributed by atoms with E-state index in [2.05, 4.69) is 10.1 Å². The van der Waals surface area contributed by atoms with Crippen molar-refractivity contribution in [3.05, 3.63) is 76.2 Å². The van der Waals surface area contributed by atoms with Crippen LogP contribution in [0.4, 0.5) is 5.69 Å². The Morgan fingerprint density at radius 1 is 1.06 bits per heavy atom. The van der Waals surface area contributed by atoms with Gasteiger partial charge in [-0.05, 0) is 18.4 Å². The standard InChI is InChI=1S/C23H24N4O4/c28-22(15-17-11-13-20(14-12-17)27(29)30)26(19-9-5-2-6-10-19)16-21-24-23(25-31-21)18-7-3-1-4-8-18/h1,3-4,7-8,11-14,19H,2,5-6,9-10,15-16H2. The first-order chi connectivity index (χ1) is 15.1. The Bertz CT molecular complexity index is 1030. The number of hydrogen-bond acceptors (Lipinski definition) is 6. The first kappa shape index (κ1) is 20.7. The summed E-state index contributed by atoms with van der Waals surface area (Å²) in [5.74, 6) is 0.865. The van der Waals surface area contributed by atoms with Crippen LogP contribution in [0, 0.1) is 10.1 Å². The van der Waals surface area contributed by atoms with Gasteiger partial charge in [0, 0.05) is 23.7 Å². The van der Waals surface area contributed by atoms with Gasteiger partial charge in [-0.2, -0.15) is 4.98 Å². The van der Waals surface area contributed by atoms with E-state index in [0.717, 1.165) is 36.8 Å². The van der Waals surface area contributed by atoms with Gasteiger partial charge in [-0.15, -0.1) is 0 Å². The van der Waals surface area contributed by atoms with Gasteiger partial charge in [0.15, 0.2) is 0 Å². The summed E-state index contributed by atoms with van der Waals surface area (Å²) in [7, 11) is 0. The van der Waals surface area contributed by atoms with Gasteiger partial charge in [-0.3, -0.25) is 14.9 Å². The van der Waals surface area contributed by atoms with Gasteiger partial charge in [0.05, 0.1) is 11.3 Å². The summed E-state index contributed by atoms with van der Waals surface area (Å²) in [5.41, 5.74) is 1.62. The molecule has 1 fully saturated rings. The average Bonchev–Trinajstić information content (AvgIpc) is 3.28. The number of carbonyl (C=O) groups is 1. The summed E-state index contributed by atoms with van der Waals surface area (Å²) in [4.78, 5) is 30.0. The normalized spacial score (nSPS) is 14.3. The first-order valence-electron chi connectivity index (χ1n) is 10.5. The minimum atomic E-state index is -0.445. The van der Waals surface area contributed by atoms with Crippen molar-refractivity contribution in [2.45, 2.75) is 51.1 Å². The van der Waals surface area contributed by atoms with Crippen molar-refractivity contribution >= 4 is 11.6 Å². The summed E-state index contributed by atoms with van der Waals surface area (Å²) < 4.78 is 5.45. The summed E-state index contributed by atoms with van der Waals surface area (Å²) in [6.45, 7) is 0.260. The predicted octanol–water partition coefficient (Wildman–Crippen LogP) is 4.55. The number of nitro benzene ring substituents is 1. The number of nitro groups is 1. The second kappa shape index (κ2) is 9.51. The number of nitrogens with zero attached hydrogens (tertiary/aromatic N) is 4. The molecule has 0 unspecified atom stereocenters. The molecule has 4 rings (SSSR count). The molecule has 0 N–H and O–H groups in total. The van der Waals surface area contributed by atoms with Crippen LogP contribution in [0.3, 0.4) is 0 Å². The largest absolute Gasteiger partial charge is 0.337 e. The zero-order valence-corrected chi connectivity index (χ0v) is 17.1. The molecule has 3 aromatic rings. The maximum atomic E-state index is 13.2. The molecule has 1 aromatic heterocycles. The van der Waals surface area contributed by atoms with E-state index in [4.69, 9.17) is 4.52 Å². The highest BCUT2D eigenvalue weighted by Crippen LogP contribution is 2.25. The molecule has 0 atom stereocenters.